The molecule has 1 N–H and O–H groups in total. The van der Waals surface area contributed by atoms with E-state index in [-0.39, 0.29) is 11.9 Å². The van der Waals surface area contributed by atoms with Crippen LogP contribution in [0.3, 0.4) is 0 Å². The lowest BCUT2D eigenvalue weighted by molar-refractivity contribution is -0.133. The van der Waals surface area contributed by atoms with Gasteiger partial charge in [0.25, 0.3) is 0 Å². The van der Waals surface area contributed by atoms with Crippen molar-refractivity contribution in [2.24, 2.45) is 0 Å². The average Bonchev–Trinajstić information content (AvgIpc) is 2.56. The van der Waals surface area contributed by atoms with Gasteiger partial charge in [0.2, 0.25) is 5.91 Å². The van der Waals surface area contributed by atoms with Crippen LogP contribution in [0.2, 0.25) is 5.02 Å². The topological polar surface area (TPSA) is 45.2 Å². The highest BCUT2D eigenvalue weighted by molar-refractivity contribution is 6.30. The summed E-state index contributed by atoms with van der Waals surface area (Å²) in [5.41, 5.74) is 2.01. The molecule has 1 aliphatic rings. The minimum absolute atomic E-state index is 0.0246. The van der Waals surface area contributed by atoms with Crippen LogP contribution in [0.4, 0.5) is 0 Å². The number of nitrogens with one attached hydrogen (secondary N) is 1. The standard InChI is InChI=1S/C17H18ClN3O/c18-15-5-1-4-14(10-15)16-12-20-7-8-21(16)17(22)9-13-3-2-6-19-11-13/h1-6,10-11,16,20H,7-9,12H2. The lowest BCUT2D eigenvalue weighted by Crippen LogP contribution is -2.49. The van der Waals surface area contributed by atoms with Crippen LogP contribution in [0.1, 0.15) is 17.2 Å². The second kappa shape index (κ2) is 6.90. The Morgan fingerprint density at radius 2 is 2.27 bits per heavy atom. The number of pyridine rings is 1. The second-order valence-electron chi connectivity index (χ2n) is 5.40. The van der Waals surface area contributed by atoms with Crippen molar-refractivity contribution in [3.05, 3.63) is 64.9 Å². The maximum absolute atomic E-state index is 12.7. The highest BCUT2D eigenvalue weighted by atomic mass is 35.5. The van der Waals surface area contributed by atoms with Crippen LogP contribution >= 0.6 is 11.6 Å². The zero-order valence-corrected chi connectivity index (χ0v) is 13.0. The minimum atomic E-state index is 0.0246. The SMILES string of the molecule is O=C(Cc1cccnc1)N1CCNCC1c1cccc(Cl)c1. The van der Waals surface area contributed by atoms with E-state index in [1.165, 1.54) is 0 Å². The molecule has 1 fully saturated rings. The molecule has 0 saturated carbocycles. The first kappa shape index (κ1) is 15.0. The molecule has 1 aliphatic heterocycles. The number of piperazine rings is 1. The van der Waals surface area contributed by atoms with Crippen molar-refractivity contribution in [2.45, 2.75) is 12.5 Å². The van der Waals surface area contributed by atoms with Crippen molar-refractivity contribution in [3.8, 4) is 0 Å². The molecule has 5 heteroatoms. The van der Waals surface area contributed by atoms with Gasteiger partial charge in [0.1, 0.15) is 0 Å². The molecule has 4 nitrogen and oxygen atoms in total. The summed E-state index contributed by atoms with van der Waals surface area (Å²) in [6.45, 7) is 2.27. The molecule has 1 aromatic carbocycles. The van der Waals surface area contributed by atoms with Crippen LogP contribution < -0.4 is 5.32 Å². The molecule has 22 heavy (non-hydrogen) atoms. The fraction of sp³-hybridized carbons (Fsp3) is 0.294. The molecule has 1 amide bonds. The Hall–Kier alpha value is -1.91. The molecule has 1 aromatic heterocycles. The third kappa shape index (κ3) is 3.46. The quantitative estimate of drug-likeness (QED) is 0.946. The number of hydrogen-bond acceptors (Lipinski definition) is 3. The summed E-state index contributed by atoms with van der Waals surface area (Å²) in [5.74, 6) is 0.125. The van der Waals surface area contributed by atoms with Gasteiger partial charge in [-0.15, -0.1) is 0 Å². The normalized spacial score (nSPS) is 18.2. The lowest BCUT2D eigenvalue weighted by atomic mass is 10.0. The van der Waals surface area contributed by atoms with E-state index >= 15 is 0 Å². The monoisotopic (exact) mass is 315 g/mol. The van der Waals surface area contributed by atoms with Crippen molar-refractivity contribution in [2.75, 3.05) is 19.6 Å². The van der Waals surface area contributed by atoms with E-state index in [4.69, 9.17) is 11.6 Å². The minimum Gasteiger partial charge on any atom is -0.333 e. The first-order chi connectivity index (χ1) is 10.7. The third-order valence-electron chi connectivity index (χ3n) is 3.88. The van der Waals surface area contributed by atoms with E-state index in [0.717, 1.165) is 24.2 Å². The van der Waals surface area contributed by atoms with Crippen LogP contribution in [0.5, 0.6) is 0 Å². The van der Waals surface area contributed by atoms with E-state index in [0.29, 0.717) is 18.0 Å². The highest BCUT2D eigenvalue weighted by Gasteiger charge is 2.27. The Morgan fingerprint density at radius 1 is 1.36 bits per heavy atom. The number of hydrogen-bond donors (Lipinski definition) is 1. The molecule has 2 heterocycles. The Labute approximate surface area is 135 Å². The molecular formula is C17H18ClN3O. The van der Waals surface area contributed by atoms with Crippen LogP contribution in [0.15, 0.2) is 48.8 Å². The number of aromatic nitrogens is 1. The van der Waals surface area contributed by atoms with Crippen LogP contribution in [0.25, 0.3) is 0 Å². The Morgan fingerprint density at radius 3 is 3.05 bits per heavy atom. The molecule has 1 atom stereocenters. The first-order valence-electron chi connectivity index (χ1n) is 7.38. The molecule has 1 saturated heterocycles. The molecule has 0 aliphatic carbocycles. The number of nitrogens with zero attached hydrogens (tertiary/aromatic N) is 2. The van der Waals surface area contributed by atoms with Crippen molar-refractivity contribution in [1.29, 1.82) is 0 Å². The van der Waals surface area contributed by atoms with Gasteiger partial charge < -0.3 is 10.2 Å². The molecule has 0 bridgehead atoms. The fourth-order valence-corrected chi connectivity index (χ4v) is 2.99. The van der Waals surface area contributed by atoms with Gasteiger partial charge in [-0.05, 0) is 29.3 Å². The highest BCUT2D eigenvalue weighted by Crippen LogP contribution is 2.25. The Balaban J connectivity index is 1.79. The van der Waals surface area contributed by atoms with Gasteiger partial charge in [-0.1, -0.05) is 29.8 Å². The number of rotatable bonds is 3. The van der Waals surface area contributed by atoms with Crippen molar-refractivity contribution < 1.29 is 4.79 Å². The first-order valence-corrected chi connectivity index (χ1v) is 7.76. The van der Waals surface area contributed by atoms with E-state index in [1.807, 2.05) is 41.3 Å². The third-order valence-corrected chi connectivity index (χ3v) is 4.11. The van der Waals surface area contributed by atoms with Gasteiger partial charge in [0, 0.05) is 37.1 Å². The number of carbonyl (C=O) groups is 1. The van der Waals surface area contributed by atoms with E-state index < -0.39 is 0 Å². The molecule has 1 unspecified atom stereocenters. The summed E-state index contributed by atoms with van der Waals surface area (Å²) >= 11 is 6.09. The number of amides is 1. The van der Waals surface area contributed by atoms with Gasteiger partial charge in [0.05, 0.1) is 12.5 Å². The van der Waals surface area contributed by atoms with Crippen LogP contribution in [-0.4, -0.2) is 35.4 Å². The lowest BCUT2D eigenvalue weighted by Gasteiger charge is -2.36. The summed E-state index contributed by atoms with van der Waals surface area (Å²) in [7, 11) is 0. The van der Waals surface area contributed by atoms with E-state index in [1.54, 1.807) is 12.4 Å². The van der Waals surface area contributed by atoms with Crippen LogP contribution in [0, 0.1) is 0 Å². The van der Waals surface area contributed by atoms with Crippen LogP contribution in [-0.2, 0) is 11.2 Å². The summed E-state index contributed by atoms with van der Waals surface area (Å²) in [4.78, 5) is 18.7. The number of carbonyl (C=O) groups excluding carboxylic acids is 1. The summed E-state index contributed by atoms with van der Waals surface area (Å²) in [5, 5.41) is 4.05. The fourth-order valence-electron chi connectivity index (χ4n) is 2.79. The van der Waals surface area contributed by atoms with Gasteiger partial charge in [-0.25, -0.2) is 0 Å². The molecule has 2 aromatic rings. The average molecular weight is 316 g/mol. The largest absolute Gasteiger partial charge is 0.333 e. The second-order valence-corrected chi connectivity index (χ2v) is 5.84. The molecular weight excluding hydrogens is 298 g/mol. The predicted octanol–water partition coefficient (Wildman–Crippen LogP) is 2.45. The van der Waals surface area contributed by atoms with E-state index in [2.05, 4.69) is 10.3 Å². The predicted molar refractivity (Wildman–Crippen MR) is 86.7 cm³/mol. The van der Waals surface area contributed by atoms with Crippen molar-refractivity contribution in [3.63, 3.8) is 0 Å². The molecule has 3 rings (SSSR count). The maximum atomic E-state index is 12.7. The van der Waals surface area contributed by atoms with Crippen molar-refractivity contribution >= 4 is 17.5 Å². The summed E-state index contributed by atoms with van der Waals surface area (Å²) < 4.78 is 0. The molecule has 0 spiro atoms. The van der Waals surface area contributed by atoms with Gasteiger partial charge in [-0.3, -0.25) is 9.78 Å². The Bertz CT molecular complexity index is 647. The molecule has 114 valence electrons. The summed E-state index contributed by atoms with van der Waals surface area (Å²) in [6, 6.07) is 11.5. The summed E-state index contributed by atoms with van der Waals surface area (Å²) in [6.07, 6.45) is 3.84. The zero-order valence-electron chi connectivity index (χ0n) is 12.2. The number of benzene rings is 1. The van der Waals surface area contributed by atoms with Gasteiger partial charge in [-0.2, -0.15) is 0 Å². The molecule has 0 radical (unpaired) electrons. The van der Waals surface area contributed by atoms with E-state index in [9.17, 15) is 4.79 Å². The van der Waals surface area contributed by atoms with Gasteiger partial charge >= 0.3 is 0 Å². The zero-order chi connectivity index (χ0) is 15.4. The smallest absolute Gasteiger partial charge is 0.227 e. The van der Waals surface area contributed by atoms with Crippen molar-refractivity contribution in [1.82, 2.24) is 15.2 Å². The van der Waals surface area contributed by atoms with Gasteiger partial charge in [0.15, 0.2) is 0 Å². The Kier molecular flexibility index (Phi) is 4.71. The number of halogens is 1. The maximum Gasteiger partial charge on any atom is 0.227 e.